The van der Waals surface area contributed by atoms with E-state index in [-0.39, 0.29) is 0 Å². The van der Waals surface area contributed by atoms with E-state index in [0.29, 0.717) is 25.9 Å². The Balaban J connectivity index is 2.26. The maximum Gasteiger partial charge on any atom is 0.241 e. The Hall–Kier alpha value is -0.220. The lowest BCUT2D eigenvalue weighted by atomic mass is 9.99. The van der Waals surface area contributed by atoms with Crippen LogP contribution in [-0.2, 0) is 0 Å². The predicted molar refractivity (Wildman–Crippen MR) is 34.5 cm³/mol. The molecule has 1 saturated heterocycles. The number of hydrogen-bond donors (Lipinski definition) is 1. The van der Waals surface area contributed by atoms with Crippen LogP contribution in [0.15, 0.2) is 0 Å². The van der Waals surface area contributed by atoms with Crippen molar-refractivity contribution in [2.45, 2.75) is 19.3 Å². The Bertz CT molecular complexity index is 99.9. The molecule has 1 aliphatic rings. The number of hydrazine groups is 1. The second kappa shape index (κ2) is 3.25. The zero-order valence-corrected chi connectivity index (χ0v) is 5.76. The van der Waals surface area contributed by atoms with E-state index in [1.165, 1.54) is 0 Å². The Morgan fingerprint density at radius 1 is 1.30 bits per heavy atom. The van der Waals surface area contributed by atoms with Crippen molar-refractivity contribution in [1.29, 1.82) is 0 Å². The third-order valence-electron chi connectivity index (χ3n) is 1.93. The van der Waals surface area contributed by atoms with E-state index in [1.807, 2.05) is 0 Å². The third-order valence-corrected chi connectivity index (χ3v) is 1.93. The van der Waals surface area contributed by atoms with Crippen molar-refractivity contribution in [3.63, 3.8) is 0 Å². The van der Waals surface area contributed by atoms with Gasteiger partial charge in [0.05, 0.1) is 0 Å². The highest BCUT2D eigenvalue weighted by Gasteiger charge is 2.24. The molecule has 0 spiro atoms. The summed E-state index contributed by atoms with van der Waals surface area (Å²) in [6.45, 7) is 1.21. The number of piperidine rings is 1. The Labute approximate surface area is 59.0 Å². The van der Waals surface area contributed by atoms with Gasteiger partial charge in [0.15, 0.2) is 0 Å². The first-order valence-corrected chi connectivity index (χ1v) is 3.48. The molecule has 60 valence electrons. The average Bonchev–Trinajstić information content (AvgIpc) is 1.88. The number of nitrogens with two attached hydrogens (primary N) is 1. The molecular weight excluding hydrogens is 138 g/mol. The van der Waals surface area contributed by atoms with Crippen molar-refractivity contribution in [2.75, 3.05) is 13.1 Å². The number of rotatable bonds is 1. The lowest BCUT2D eigenvalue weighted by Crippen LogP contribution is -2.40. The molecule has 0 radical (unpaired) electrons. The van der Waals surface area contributed by atoms with Crippen LogP contribution in [0, 0.1) is 5.92 Å². The first-order chi connectivity index (χ1) is 4.70. The van der Waals surface area contributed by atoms with Gasteiger partial charge < -0.3 is 0 Å². The molecule has 0 aromatic carbocycles. The van der Waals surface area contributed by atoms with Crippen LogP contribution < -0.4 is 5.84 Å². The first kappa shape index (κ1) is 7.88. The average molecular weight is 150 g/mol. The Morgan fingerprint density at radius 2 is 1.80 bits per heavy atom. The molecule has 0 atom stereocenters. The van der Waals surface area contributed by atoms with Gasteiger partial charge in [0.1, 0.15) is 0 Å². The van der Waals surface area contributed by atoms with Crippen LogP contribution in [0.1, 0.15) is 12.8 Å². The molecule has 1 heterocycles. The zero-order valence-electron chi connectivity index (χ0n) is 5.76. The second-order valence-electron chi connectivity index (χ2n) is 2.71. The van der Waals surface area contributed by atoms with Crippen LogP contribution in [0.25, 0.3) is 0 Å². The quantitative estimate of drug-likeness (QED) is 0.561. The van der Waals surface area contributed by atoms with Crippen molar-refractivity contribution in [3.05, 3.63) is 0 Å². The summed E-state index contributed by atoms with van der Waals surface area (Å²) in [7, 11) is 0. The lowest BCUT2D eigenvalue weighted by Gasteiger charge is -2.27. The minimum atomic E-state index is -2.16. The standard InChI is InChI=1S/C6H12F2N2/c7-6(8)5-1-3-10(9)4-2-5/h5-6H,1-4,9H2. The van der Waals surface area contributed by atoms with Gasteiger partial charge in [-0.15, -0.1) is 0 Å². The van der Waals surface area contributed by atoms with Crippen molar-refractivity contribution < 1.29 is 8.78 Å². The highest BCUT2D eigenvalue weighted by Crippen LogP contribution is 2.21. The minimum absolute atomic E-state index is 0.417. The van der Waals surface area contributed by atoms with Gasteiger partial charge in [0.2, 0.25) is 6.43 Å². The molecule has 4 heteroatoms. The van der Waals surface area contributed by atoms with E-state index in [9.17, 15) is 8.78 Å². The largest absolute Gasteiger partial charge is 0.269 e. The molecule has 0 saturated carbocycles. The highest BCUT2D eigenvalue weighted by atomic mass is 19.3. The van der Waals surface area contributed by atoms with Crippen LogP contribution in [0.3, 0.4) is 0 Å². The highest BCUT2D eigenvalue weighted by molar-refractivity contribution is 4.70. The number of halogens is 2. The molecular formula is C6H12F2N2. The summed E-state index contributed by atoms with van der Waals surface area (Å²) in [5.74, 6) is 4.97. The number of nitrogens with zero attached hydrogens (tertiary/aromatic N) is 1. The third kappa shape index (κ3) is 1.88. The fourth-order valence-electron chi connectivity index (χ4n) is 1.17. The summed E-state index contributed by atoms with van der Waals surface area (Å²) in [6.07, 6.45) is -1.09. The van der Waals surface area contributed by atoms with Crippen molar-refractivity contribution in [1.82, 2.24) is 5.01 Å². The smallest absolute Gasteiger partial charge is 0.241 e. The van der Waals surface area contributed by atoms with E-state index in [0.717, 1.165) is 0 Å². The van der Waals surface area contributed by atoms with Gasteiger partial charge in [-0.05, 0) is 12.8 Å². The van der Waals surface area contributed by atoms with E-state index in [4.69, 9.17) is 5.84 Å². The summed E-state index contributed by atoms with van der Waals surface area (Å²) in [5, 5.41) is 1.60. The topological polar surface area (TPSA) is 29.3 Å². The molecule has 1 fully saturated rings. The predicted octanol–water partition coefficient (Wildman–Crippen LogP) is 0.837. The van der Waals surface area contributed by atoms with Crippen LogP contribution >= 0.6 is 0 Å². The Kier molecular flexibility index (Phi) is 2.56. The monoisotopic (exact) mass is 150 g/mol. The van der Waals surface area contributed by atoms with Crippen molar-refractivity contribution >= 4 is 0 Å². The van der Waals surface area contributed by atoms with Gasteiger partial charge >= 0.3 is 0 Å². The van der Waals surface area contributed by atoms with Crippen LogP contribution in [0.4, 0.5) is 8.78 Å². The second-order valence-corrected chi connectivity index (χ2v) is 2.71. The molecule has 1 aliphatic heterocycles. The summed E-state index contributed by atoms with van der Waals surface area (Å²) in [6, 6.07) is 0. The van der Waals surface area contributed by atoms with E-state index in [2.05, 4.69) is 0 Å². The maximum absolute atomic E-state index is 12.0. The molecule has 1 rings (SSSR count). The molecule has 10 heavy (non-hydrogen) atoms. The zero-order chi connectivity index (χ0) is 7.56. The van der Waals surface area contributed by atoms with Gasteiger partial charge in [-0.25, -0.2) is 13.8 Å². The molecule has 0 aromatic heterocycles. The van der Waals surface area contributed by atoms with Gasteiger partial charge in [0, 0.05) is 19.0 Å². The van der Waals surface area contributed by atoms with Crippen molar-refractivity contribution in [3.8, 4) is 0 Å². The van der Waals surface area contributed by atoms with Crippen LogP contribution in [0.5, 0.6) is 0 Å². The summed E-state index contributed by atoms with van der Waals surface area (Å²) in [5.41, 5.74) is 0. The number of hydrogen-bond acceptors (Lipinski definition) is 2. The van der Waals surface area contributed by atoms with Gasteiger partial charge in [-0.1, -0.05) is 0 Å². The van der Waals surface area contributed by atoms with Crippen LogP contribution in [0.2, 0.25) is 0 Å². The molecule has 0 amide bonds. The van der Waals surface area contributed by atoms with Crippen LogP contribution in [-0.4, -0.2) is 24.5 Å². The fraction of sp³-hybridized carbons (Fsp3) is 1.00. The summed E-state index contributed by atoms with van der Waals surface area (Å²) >= 11 is 0. The van der Waals surface area contributed by atoms with Gasteiger partial charge in [-0.2, -0.15) is 0 Å². The summed E-state index contributed by atoms with van der Waals surface area (Å²) < 4.78 is 24.0. The lowest BCUT2D eigenvalue weighted by molar-refractivity contribution is 0.0353. The van der Waals surface area contributed by atoms with E-state index >= 15 is 0 Å². The van der Waals surface area contributed by atoms with Crippen molar-refractivity contribution in [2.24, 2.45) is 11.8 Å². The molecule has 0 aromatic rings. The minimum Gasteiger partial charge on any atom is -0.269 e. The maximum atomic E-state index is 12.0. The molecule has 0 bridgehead atoms. The SMILES string of the molecule is NN1CCC(C(F)F)CC1. The van der Waals surface area contributed by atoms with Gasteiger partial charge in [-0.3, -0.25) is 5.84 Å². The molecule has 0 unspecified atom stereocenters. The van der Waals surface area contributed by atoms with Gasteiger partial charge in [0.25, 0.3) is 0 Å². The van der Waals surface area contributed by atoms with E-state index < -0.39 is 12.3 Å². The Morgan fingerprint density at radius 3 is 2.20 bits per heavy atom. The summed E-state index contributed by atoms with van der Waals surface area (Å²) in [4.78, 5) is 0. The fourth-order valence-corrected chi connectivity index (χ4v) is 1.17. The molecule has 2 N–H and O–H groups in total. The molecule has 0 aliphatic carbocycles. The molecule has 2 nitrogen and oxygen atoms in total. The normalized spacial score (nSPS) is 24.0. The number of alkyl halides is 2. The first-order valence-electron chi connectivity index (χ1n) is 3.48. The van der Waals surface area contributed by atoms with E-state index in [1.54, 1.807) is 5.01 Å².